The van der Waals surface area contributed by atoms with Crippen LogP contribution in [0.5, 0.6) is 5.88 Å². The van der Waals surface area contributed by atoms with Gasteiger partial charge in [-0.05, 0) is 39.8 Å². The van der Waals surface area contributed by atoms with Gasteiger partial charge in [-0.25, -0.2) is 10.8 Å². The number of likely N-dealkylation sites (tertiary alicyclic amines) is 1. The summed E-state index contributed by atoms with van der Waals surface area (Å²) >= 11 is 0. The number of nitrogens with zero attached hydrogens (tertiary/aromatic N) is 4. The van der Waals surface area contributed by atoms with Gasteiger partial charge < -0.3 is 9.64 Å². The van der Waals surface area contributed by atoms with Crippen LogP contribution in [0.1, 0.15) is 25.0 Å². The zero-order valence-corrected chi connectivity index (χ0v) is 12.2. The fourth-order valence-corrected chi connectivity index (χ4v) is 2.55. The van der Waals surface area contributed by atoms with E-state index in [1.165, 1.54) is 13.3 Å². The summed E-state index contributed by atoms with van der Waals surface area (Å²) in [6.45, 7) is 2.98. The second kappa shape index (κ2) is 6.64. The van der Waals surface area contributed by atoms with E-state index in [2.05, 4.69) is 27.3 Å². The Morgan fingerprint density at radius 2 is 2.33 bits per heavy atom. The number of nitrogen functional groups attached to an aromatic ring is 1. The number of anilines is 1. The first-order chi connectivity index (χ1) is 10.0. The van der Waals surface area contributed by atoms with Crippen LogP contribution in [-0.4, -0.2) is 46.0 Å². The molecule has 1 fully saturated rings. The zero-order valence-electron chi connectivity index (χ0n) is 12.2. The van der Waals surface area contributed by atoms with Crippen molar-refractivity contribution in [3.63, 3.8) is 0 Å². The lowest BCUT2D eigenvalue weighted by molar-refractivity contribution is -0.387. The molecule has 9 nitrogen and oxygen atoms in total. The summed E-state index contributed by atoms with van der Waals surface area (Å²) < 4.78 is 5.52. The maximum Gasteiger partial charge on any atom is 0.352 e. The van der Waals surface area contributed by atoms with Gasteiger partial charge in [0.25, 0.3) is 5.88 Å². The van der Waals surface area contributed by atoms with Crippen LogP contribution in [0.2, 0.25) is 0 Å². The highest BCUT2D eigenvalue weighted by molar-refractivity contribution is 5.48. The largest absolute Gasteiger partial charge is 0.473 e. The van der Waals surface area contributed by atoms with Crippen molar-refractivity contribution in [3.05, 3.63) is 15.8 Å². The minimum absolute atomic E-state index is 0.0406. The van der Waals surface area contributed by atoms with Gasteiger partial charge in [0.1, 0.15) is 5.69 Å². The molecule has 1 unspecified atom stereocenters. The Morgan fingerprint density at radius 3 is 2.90 bits per heavy atom. The van der Waals surface area contributed by atoms with Crippen molar-refractivity contribution >= 4 is 11.6 Å². The van der Waals surface area contributed by atoms with E-state index in [1.54, 1.807) is 0 Å². The second-order valence-electron chi connectivity index (χ2n) is 5.10. The molecule has 0 aromatic carbocycles. The lowest BCUT2D eigenvalue weighted by Gasteiger charge is -2.19. The molecular formula is C12H20N6O3. The van der Waals surface area contributed by atoms with E-state index in [1.807, 2.05) is 0 Å². The number of nitrogens with one attached hydrogen (secondary N) is 1. The molecule has 0 radical (unpaired) electrons. The van der Waals surface area contributed by atoms with Crippen molar-refractivity contribution in [2.75, 3.05) is 25.6 Å². The third kappa shape index (κ3) is 3.56. The fraction of sp³-hybridized carbons (Fsp3) is 0.667. The fourth-order valence-electron chi connectivity index (χ4n) is 2.55. The molecule has 21 heavy (non-hydrogen) atoms. The first-order valence-corrected chi connectivity index (χ1v) is 6.85. The van der Waals surface area contributed by atoms with Gasteiger partial charge in [-0.1, -0.05) is 0 Å². The average Bonchev–Trinajstić information content (AvgIpc) is 2.83. The van der Waals surface area contributed by atoms with Crippen LogP contribution in [0.3, 0.4) is 0 Å². The Morgan fingerprint density at radius 1 is 1.57 bits per heavy atom. The predicted molar refractivity (Wildman–Crippen MR) is 77.0 cm³/mol. The first-order valence-electron chi connectivity index (χ1n) is 6.85. The van der Waals surface area contributed by atoms with E-state index in [0.717, 1.165) is 19.4 Å². The Balaban J connectivity index is 2.07. The van der Waals surface area contributed by atoms with E-state index in [0.29, 0.717) is 12.6 Å². The van der Waals surface area contributed by atoms with Gasteiger partial charge in [0.05, 0.1) is 11.5 Å². The van der Waals surface area contributed by atoms with E-state index in [4.69, 9.17) is 10.6 Å². The molecule has 9 heteroatoms. The summed E-state index contributed by atoms with van der Waals surface area (Å²) in [4.78, 5) is 20.7. The molecule has 3 N–H and O–H groups in total. The van der Waals surface area contributed by atoms with Crippen LogP contribution in [0.15, 0.2) is 0 Å². The summed E-state index contributed by atoms with van der Waals surface area (Å²) in [7, 11) is 2.07. The number of aryl methyl sites for hydroxylation is 1. The normalized spacial score (nSPS) is 18.7. The van der Waals surface area contributed by atoms with Crippen molar-refractivity contribution in [2.45, 2.75) is 32.2 Å². The number of nitro groups is 1. The smallest absolute Gasteiger partial charge is 0.352 e. The molecule has 0 bridgehead atoms. The molecule has 2 heterocycles. The van der Waals surface area contributed by atoms with E-state index >= 15 is 0 Å². The molecule has 0 saturated carbocycles. The average molecular weight is 296 g/mol. The van der Waals surface area contributed by atoms with E-state index in [9.17, 15) is 10.1 Å². The third-order valence-electron chi connectivity index (χ3n) is 3.70. The molecule has 1 aliphatic rings. The highest BCUT2D eigenvalue weighted by Gasteiger charge is 2.25. The molecule has 1 aliphatic heterocycles. The van der Waals surface area contributed by atoms with Crippen molar-refractivity contribution < 1.29 is 9.66 Å². The molecule has 0 spiro atoms. The minimum Gasteiger partial charge on any atom is -0.473 e. The number of aromatic nitrogens is 2. The number of hydrazine groups is 1. The summed E-state index contributed by atoms with van der Waals surface area (Å²) in [6.07, 6.45) is 3.11. The lowest BCUT2D eigenvalue weighted by Crippen LogP contribution is -2.26. The van der Waals surface area contributed by atoms with Gasteiger partial charge >= 0.3 is 5.69 Å². The molecular weight excluding hydrogens is 276 g/mol. The van der Waals surface area contributed by atoms with Crippen LogP contribution in [0, 0.1) is 17.0 Å². The quantitative estimate of drug-likeness (QED) is 0.450. The van der Waals surface area contributed by atoms with Gasteiger partial charge in [-0.2, -0.15) is 4.98 Å². The number of hydrogen-bond donors (Lipinski definition) is 2. The molecule has 1 atom stereocenters. The number of rotatable bonds is 6. The van der Waals surface area contributed by atoms with Crippen molar-refractivity contribution in [1.82, 2.24) is 14.9 Å². The van der Waals surface area contributed by atoms with Crippen molar-refractivity contribution in [2.24, 2.45) is 5.84 Å². The second-order valence-corrected chi connectivity index (χ2v) is 5.10. The molecule has 0 aliphatic carbocycles. The van der Waals surface area contributed by atoms with Gasteiger partial charge in [-0.3, -0.25) is 15.5 Å². The number of hydrogen-bond acceptors (Lipinski definition) is 8. The lowest BCUT2D eigenvalue weighted by atomic mass is 10.1. The minimum atomic E-state index is -0.535. The van der Waals surface area contributed by atoms with E-state index < -0.39 is 4.92 Å². The molecule has 116 valence electrons. The van der Waals surface area contributed by atoms with Gasteiger partial charge in [0.15, 0.2) is 0 Å². The van der Waals surface area contributed by atoms with Crippen molar-refractivity contribution in [3.8, 4) is 5.88 Å². The van der Waals surface area contributed by atoms with Crippen LogP contribution in [0.25, 0.3) is 0 Å². The van der Waals surface area contributed by atoms with Crippen LogP contribution < -0.4 is 16.0 Å². The summed E-state index contributed by atoms with van der Waals surface area (Å²) in [5, 5.41) is 11.1. The Labute approximate surface area is 122 Å². The molecule has 1 aromatic rings. The highest BCUT2D eigenvalue weighted by Crippen LogP contribution is 2.29. The zero-order chi connectivity index (χ0) is 15.4. The number of ether oxygens (including phenoxy) is 1. The molecule has 1 saturated heterocycles. The Kier molecular flexibility index (Phi) is 4.86. The molecule has 2 rings (SSSR count). The molecule has 0 amide bonds. The predicted octanol–water partition coefficient (Wildman–Crippen LogP) is 0.842. The Hall–Kier alpha value is -2.00. The Bertz CT molecular complexity index is 524. The first kappa shape index (κ1) is 15.4. The van der Waals surface area contributed by atoms with Crippen LogP contribution >= 0.6 is 0 Å². The maximum atomic E-state index is 11.1. The van der Waals surface area contributed by atoms with E-state index in [-0.39, 0.29) is 23.2 Å². The third-order valence-corrected chi connectivity index (χ3v) is 3.70. The monoisotopic (exact) mass is 296 g/mol. The van der Waals surface area contributed by atoms with Crippen LogP contribution in [-0.2, 0) is 0 Å². The van der Waals surface area contributed by atoms with Crippen molar-refractivity contribution in [1.29, 1.82) is 0 Å². The standard InChI is InChI=1S/C12H20N6O3/c1-8-10(18(19)20)11(15-12(14-8)16-13)21-7-5-9-4-3-6-17(9)2/h9H,3-7,13H2,1-2H3,(H,14,15,16). The highest BCUT2D eigenvalue weighted by atomic mass is 16.6. The SMILES string of the molecule is Cc1nc(NN)nc(OCCC2CCCN2C)c1[N+](=O)[O-]. The summed E-state index contributed by atoms with van der Waals surface area (Å²) in [6, 6.07) is 0.457. The number of nitrogens with two attached hydrogens (primary N) is 1. The summed E-state index contributed by atoms with van der Waals surface area (Å²) in [5.41, 5.74) is 2.28. The van der Waals surface area contributed by atoms with Gasteiger partial charge in [-0.15, -0.1) is 0 Å². The van der Waals surface area contributed by atoms with Gasteiger partial charge in [0.2, 0.25) is 5.95 Å². The van der Waals surface area contributed by atoms with Crippen LogP contribution in [0.4, 0.5) is 11.6 Å². The molecule has 1 aromatic heterocycles. The maximum absolute atomic E-state index is 11.1. The topological polar surface area (TPSA) is 119 Å². The summed E-state index contributed by atoms with van der Waals surface area (Å²) in [5.74, 6) is 5.32. The van der Waals surface area contributed by atoms with Gasteiger partial charge in [0, 0.05) is 6.04 Å².